The Kier molecular flexibility index (Phi) is 2.62. The number of methoxy groups -OCH3 is 1. The smallest absolute Gasteiger partial charge is 0.165 e. The Labute approximate surface area is 123 Å². The fraction of sp³-hybridized carbons (Fsp3) is 0.294. The van der Waals surface area contributed by atoms with Gasteiger partial charge in [-0.15, -0.1) is 0 Å². The molecular formula is C17H17NO3. The van der Waals surface area contributed by atoms with Gasteiger partial charge in [0.05, 0.1) is 7.11 Å². The lowest BCUT2D eigenvalue weighted by Gasteiger charge is -2.35. The van der Waals surface area contributed by atoms with Gasteiger partial charge in [0.1, 0.15) is 5.75 Å². The van der Waals surface area contributed by atoms with E-state index in [1.807, 2.05) is 12.1 Å². The quantitative estimate of drug-likeness (QED) is 0.704. The van der Waals surface area contributed by atoms with Crippen molar-refractivity contribution in [3.8, 4) is 28.4 Å². The zero-order chi connectivity index (χ0) is 14.6. The number of hydrogen-bond donors (Lipinski definition) is 3. The third-order valence-electron chi connectivity index (χ3n) is 4.54. The van der Waals surface area contributed by atoms with Crippen molar-refractivity contribution in [2.75, 3.05) is 13.7 Å². The van der Waals surface area contributed by atoms with Gasteiger partial charge in [-0.25, -0.2) is 0 Å². The second-order valence-corrected chi connectivity index (χ2v) is 5.68. The highest BCUT2D eigenvalue weighted by molar-refractivity contribution is 5.83. The molecule has 108 valence electrons. The van der Waals surface area contributed by atoms with Crippen molar-refractivity contribution in [1.82, 2.24) is 5.32 Å². The molecule has 4 rings (SSSR count). The van der Waals surface area contributed by atoms with Gasteiger partial charge in [0.15, 0.2) is 11.5 Å². The Hall–Kier alpha value is -2.20. The molecule has 3 N–H and O–H groups in total. The summed E-state index contributed by atoms with van der Waals surface area (Å²) in [6, 6.07) is 7.75. The molecule has 1 heterocycles. The van der Waals surface area contributed by atoms with Crippen molar-refractivity contribution in [3.05, 3.63) is 41.0 Å². The topological polar surface area (TPSA) is 61.7 Å². The van der Waals surface area contributed by atoms with Crippen LogP contribution in [0.25, 0.3) is 11.1 Å². The van der Waals surface area contributed by atoms with E-state index in [0.29, 0.717) is 0 Å². The number of nitrogens with one attached hydrogen (secondary N) is 1. The van der Waals surface area contributed by atoms with E-state index in [0.717, 1.165) is 41.8 Å². The van der Waals surface area contributed by atoms with Crippen LogP contribution in [0.3, 0.4) is 0 Å². The Balaban J connectivity index is 2.06. The van der Waals surface area contributed by atoms with E-state index in [1.165, 1.54) is 11.1 Å². The Bertz CT molecular complexity index is 739. The summed E-state index contributed by atoms with van der Waals surface area (Å²) in [6.45, 7) is 0.948. The van der Waals surface area contributed by atoms with Gasteiger partial charge in [0, 0.05) is 11.6 Å². The third-order valence-corrected chi connectivity index (χ3v) is 4.54. The Morgan fingerprint density at radius 2 is 2.05 bits per heavy atom. The van der Waals surface area contributed by atoms with E-state index < -0.39 is 0 Å². The lowest BCUT2D eigenvalue weighted by molar-refractivity contribution is 0.401. The molecule has 0 radical (unpaired) electrons. The van der Waals surface area contributed by atoms with Gasteiger partial charge in [-0.3, -0.25) is 0 Å². The predicted molar refractivity (Wildman–Crippen MR) is 79.9 cm³/mol. The van der Waals surface area contributed by atoms with E-state index in [-0.39, 0.29) is 17.5 Å². The van der Waals surface area contributed by atoms with Crippen LogP contribution >= 0.6 is 0 Å². The minimum Gasteiger partial charge on any atom is -0.504 e. The number of rotatable bonds is 1. The van der Waals surface area contributed by atoms with Gasteiger partial charge in [0.2, 0.25) is 0 Å². The van der Waals surface area contributed by atoms with Crippen LogP contribution in [-0.2, 0) is 12.8 Å². The molecule has 1 unspecified atom stereocenters. The van der Waals surface area contributed by atoms with Gasteiger partial charge >= 0.3 is 0 Å². The lowest BCUT2D eigenvalue weighted by Crippen LogP contribution is -2.33. The summed E-state index contributed by atoms with van der Waals surface area (Å²) in [6.07, 6.45) is 1.78. The molecule has 1 atom stereocenters. The van der Waals surface area contributed by atoms with Crippen LogP contribution in [0.15, 0.2) is 24.3 Å². The van der Waals surface area contributed by atoms with Gasteiger partial charge in [-0.05, 0) is 59.8 Å². The van der Waals surface area contributed by atoms with Crippen LogP contribution in [-0.4, -0.2) is 23.9 Å². The fourth-order valence-corrected chi connectivity index (χ4v) is 3.60. The van der Waals surface area contributed by atoms with E-state index in [2.05, 4.69) is 11.4 Å². The summed E-state index contributed by atoms with van der Waals surface area (Å²) in [5.74, 6) is 0.680. The summed E-state index contributed by atoms with van der Waals surface area (Å²) >= 11 is 0. The zero-order valence-corrected chi connectivity index (χ0v) is 11.8. The number of fused-ring (bicyclic) bond motifs is 2. The van der Waals surface area contributed by atoms with Crippen LogP contribution in [0, 0.1) is 0 Å². The second-order valence-electron chi connectivity index (χ2n) is 5.68. The molecule has 0 amide bonds. The van der Waals surface area contributed by atoms with Crippen molar-refractivity contribution in [1.29, 1.82) is 0 Å². The zero-order valence-electron chi connectivity index (χ0n) is 11.8. The van der Waals surface area contributed by atoms with Gasteiger partial charge in [-0.1, -0.05) is 6.07 Å². The Morgan fingerprint density at radius 3 is 2.86 bits per heavy atom. The molecule has 4 heteroatoms. The van der Waals surface area contributed by atoms with Crippen molar-refractivity contribution in [2.24, 2.45) is 0 Å². The number of ether oxygens (including phenoxy) is 1. The maximum atomic E-state index is 10.3. The first kappa shape index (κ1) is 12.5. The molecule has 0 bridgehead atoms. The standard InChI is InChI=1S/C17H17NO3/c1-21-11-6-10-4-5-18-13-7-9-2-3-14(19)17(20)16(9)12(8-11)15(10)13/h2-3,6,8,13,18-20H,4-5,7H2,1H3. The predicted octanol–water partition coefficient (Wildman–Crippen LogP) is 2.52. The summed E-state index contributed by atoms with van der Waals surface area (Å²) in [7, 11) is 1.65. The number of phenolic OH excluding ortho intramolecular Hbond substituents is 2. The number of benzene rings is 2. The molecule has 1 aliphatic heterocycles. The van der Waals surface area contributed by atoms with Crippen LogP contribution in [0.2, 0.25) is 0 Å². The highest BCUT2D eigenvalue weighted by atomic mass is 16.5. The highest BCUT2D eigenvalue weighted by Crippen LogP contribution is 2.49. The van der Waals surface area contributed by atoms with Crippen molar-refractivity contribution in [3.63, 3.8) is 0 Å². The minimum atomic E-state index is -0.0764. The number of phenols is 2. The van der Waals surface area contributed by atoms with E-state index in [4.69, 9.17) is 4.74 Å². The molecule has 21 heavy (non-hydrogen) atoms. The SMILES string of the molecule is COc1cc2c3c(c1)-c1c(ccc(O)c1O)CC3NCC2. The molecule has 4 nitrogen and oxygen atoms in total. The first-order chi connectivity index (χ1) is 10.2. The fourth-order valence-electron chi connectivity index (χ4n) is 3.60. The normalized spacial score (nSPS) is 18.8. The van der Waals surface area contributed by atoms with Crippen LogP contribution < -0.4 is 10.1 Å². The van der Waals surface area contributed by atoms with Gasteiger partial charge in [-0.2, -0.15) is 0 Å². The van der Waals surface area contributed by atoms with Crippen LogP contribution in [0.4, 0.5) is 0 Å². The molecule has 0 fully saturated rings. The molecule has 2 aromatic carbocycles. The summed E-state index contributed by atoms with van der Waals surface area (Å²) in [5.41, 5.74) is 5.26. The van der Waals surface area contributed by atoms with Gasteiger partial charge in [0.25, 0.3) is 0 Å². The average molecular weight is 283 g/mol. The van der Waals surface area contributed by atoms with Crippen molar-refractivity contribution < 1.29 is 14.9 Å². The van der Waals surface area contributed by atoms with E-state index in [1.54, 1.807) is 13.2 Å². The van der Waals surface area contributed by atoms with Crippen LogP contribution in [0.1, 0.15) is 22.7 Å². The van der Waals surface area contributed by atoms with Gasteiger partial charge < -0.3 is 20.3 Å². The molecule has 0 aromatic heterocycles. The summed E-state index contributed by atoms with van der Waals surface area (Å²) in [5, 5.41) is 23.7. The third kappa shape index (κ3) is 1.72. The Morgan fingerprint density at radius 1 is 1.19 bits per heavy atom. The monoisotopic (exact) mass is 283 g/mol. The molecular weight excluding hydrogens is 266 g/mol. The molecule has 0 saturated heterocycles. The lowest BCUT2D eigenvalue weighted by atomic mass is 9.77. The average Bonchev–Trinajstić information content (AvgIpc) is 2.51. The summed E-state index contributed by atoms with van der Waals surface area (Å²) < 4.78 is 5.40. The molecule has 1 aliphatic carbocycles. The van der Waals surface area contributed by atoms with E-state index in [9.17, 15) is 10.2 Å². The molecule has 0 spiro atoms. The molecule has 2 aliphatic rings. The summed E-state index contributed by atoms with van der Waals surface area (Å²) in [4.78, 5) is 0. The van der Waals surface area contributed by atoms with Crippen molar-refractivity contribution >= 4 is 0 Å². The number of hydrogen-bond acceptors (Lipinski definition) is 4. The maximum absolute atomic E-state index is 10.3. The maximum Gasteiger partial charge on any atom is 0.165 e. The van der Waals surface area contributed by atoms with Crippen molar-refractivity contribution in [2.45, 2.75) is 18.9 Å². The largest absolute Gasteiger partial charge is 0.504 e. The first-order valence-electron chi connectivity index (χ1n) is 7.17. The molecule has 0 saturated carbocycles. The number of aromatic hydroxyl groups is 2. The highest BCUT2D eigenvalue weighted by Gasteiger charge is 2.32. The first-order valence-corrected chi connectivity index (χ1v) is 7.17. The molecule has 2 aromatic rings. The minimum absolute atomic E-state index is 0.0352. The van der Waals surface area contributed by atoms with E-state index >= 15 is 0 Å². The van der Waals surface area contributed by atoms with Crippen LogP contribution in [0.5, 0.6) is 17.2 Å². The second kappa shape index (κ2) is 4.40.